The fraction of sp³-hybridized carbons (Fsp3) is 0.600. The van der Waals surface area contributed by atoms with E-state index in [1.165, 1.54) is 6.42 Å². The van der Waals surface area contributed by atoms with Crippen molar-refractivity contribution in [3.8, 4) is 0 Å². The zero-order valence-electron chi connectivity index (χ0n) is 10.6. The van der Waals surface area contributed by atoms with E-state index in [0.29, 0.717) is 5.92 Å². The molecule has 3 N–H and O–H groups in total. The molecule has 3 heteroatoms. The second kappa shape index (κ2) is 4.56. The fourth-order valence-corrected chi connectivity index (χ4v) is 3.27. The first kappa shape index (κ1) is 12.0. The lowest BCUT2D eigenvalue weighted by atomic mass is 9.70. The topological polar surface area (TPSA) is 55.5 Å². The molecule has 3 nitrogen and oxygen atoms in total. The van der Waals surface area contributed by atoms with Crippen molar-refractivity contribution >= 4 is 5.69 Å². The van der Waals surface area contributed by atoms with Crippen molar-refractivity contribution in [3.05, 3.63) is 29.8 Å². The van der Waals surface area contributed by atoms with E-state index in [4.69, 9.17) is 10.5 Å². The highest BCUT2D eigenvalue weighted by Gasteiger charge is 2.44. The zero-order chi connectivity index (χ0) is 12.6. The molecule has 0 radical (unpaired) electrons. The molecule has 0 amide bonds. The first-order chi connectivity index (χ1) is 8.69. The molecular formula is C15H21NO2. The van der Waals surface area contributed by atoms with Crippen LogP contribution in [0.1, 0.15) is 43.8 Å². The van der Waals surface area contributed by atoms with Gasteiger partial charge in [-0.05, 0) is 55.7 Å². The first-order valence-corrected chi connectivity index (χ1v) is 6.86. The highest BCUT2D eigenvalue weighted by atomic mass is 16.5. The van der Waals surface area contributed by atoms with Gasteiger partial charge < -0.3 is 15.6 Å². The normalized spacial score (nSPS) is 27.7. The maximum atomic E-state index is 10.5. The third-order valence-electron chi connectivity index (χ3n) is 4.49. The van der Waals surface area contributed by atoms with Gasteiger partial charge in [0.05, 0.1) is 11.7 Å². The van der Waals surface area contributed by atoms with Gasteiger partial charge in [0.1, 0.15) is 0 Å². The van der Waals surface area contributed by atoms with Crippen LogP contribution in [0.3, 0.4) is 0 Å². The summed E-state index contributed by atoms with van der Waals surface area (Å²) in [5.41, 5.74) is 7.53. The maximum Gasteiger partial charge on any atom is 0.0820 e. The monoisotopic (exact) mass is 247 g/mol. The highest BCUT2D eigenvalue weighted by molar-refractivity contribution is 5.41. The number of rotatable bonds is 2. The molecule has 0 bridgehead atoms. The molecule has 3 rings (SSSR count). The number of ether oxygens (including phenoxy) is 1. The van der Waals surface area contributed by atoms with Crippen LogP contribution in [0, 0.1) is 5.92 Å². The van der Waals surface area contributed by atoms with Crippen LogP contribution in [0.2, 0.25) is 0 Å². The van der Waals surface area contributed by atoms with Crippen LogP contribution in [0.5, 0.6) is 0 Å². The SMILES string of the molecule is Nc1cccc(C(O)C2CCOC3(CCC3)C2)c1. The minimum Gasteiger partial charge on any atom is -0.399 e. The van der Waals surface area contributed by atoms with Gasteiger partial charge in [-0.15, -0.1) is 0 Å². The Morgan fingerprint density at radius 3 is 2.89 bits per heavy atom. The average Bonchev–Trinajstić information content (AvgIpc) is 2.36. The van der Waals surface area contributed by atoms with Crippen LogP contribution in [-0.4, -0.2) is 17.3 Å². The van der Waals surface area contributed by atoms with Crippen LogP contribution in [0.15, 0.2) is 24.3 Å². The predicted molar refractivity (Wildman–Crippen MR) is 71.1 cm³/mol. The molecule has 1 heterocycles. The highest BCUT2D eigenvalue weighted by Crippen LogP contribution is 2.47. The van der Waals surface area contributed by atoms with E-state index in [9.17, 15) is 5.11 Å². The Morgan fingerprint density at radius 1 is 1.39 bits per heavy atom. The second-order valence-corrected chi connectivity index (χ2v) is 5.75. The summed E-state index contributed by atoms with van der Waals surface area (Å²) in [6, 6.07) is 7.61. The van der Waals surface area contributed by atoms with Crippen LogP contribution in [0.25, 0.3) is 0 Å². The minimum absolute atomic E-state index is 0.0875. The summed E-state index contributed by atoms with van der Waals surface area (Å²) in [7, 11) is 0. The van der Waals surface area contributed by atoms with Gasteiger partial charge in [0.15, 0.2) is 0 Å². The smallest absolute Gasteiger partial charge is 0.0820 e. The van der Waals surface area contributed by atoms with Crippen molar-refractivity contribution in [2.24, 2.45) is 5.92 Å². The van der Waals surface area contributed by atoms with E-state index in [0.717, 1.165) is 43.5 Å². The molecule has 18 heavy (non-hydrogen) atoms. The Balaban J connectivity index is 1.73. The van der Waals surface area contributed by atoms with Crippen molar-refractivity contribution < 1.29 is 9.84 Å². The summed E-state index contributed by atoms with van der Waals surface area (Å²) in [5.74, 6) is 0.306. The molecule has 1 aliphatic carbocycles. The van der Waals surface area contributed by atoms with E-state index in [2.05, 4.69) is 0 Å². The number of anilines is 1. The summed E-state index contributed by atoms with van der Waals surface area (Å²) in [4.78, 5) is 0. The lowest BCUT2D eigenvalue weighted by Crippen LogP contribution is -2.46. The molecule has 2 fully saturated rings. The molecule has 2 aliphatic rings. The first-order valence-electron chi connectivity index (χ1n) is 6.86. The molecule has 0 aromatic heterocycles. The Bertz CT molecular complexity index is 428. The molecular weight excluding hydrogens is 226 g/mol. The Kier molecular flexibility index (Phi) is 3.04. The van der Waals surface area contributed by atoms with Gasteiger partial charge in [-0.1, -0.05) is 12.1 Å². The number of benzene rings is 1. The number of hydrogen-bond donors (Lipinski definition) is 2. The van der Waals surface area contributed by atoms with Gasteiger partial charge in [-0.2, -0.15) is 0 Å². The van der Waals surface area contributed by atoms with Crippen LogP contribution in [0.4, 0.5) is 5.69 Å². The predicted octanol–water partition coefficient (Wildman–Crippen LogP) is 2.65. The van der Waals surface area contributed by atoms with Crippen molar-refractivity contribution in [3.63, 3.8) is 0 Å². The van der Waals surface area contributed by atoms with Crippen molar-refractivity contribution in [1.29, 1.82) is 0 Å². The number of aliphatic hydroxyl groups is 1. The van der Waals surface area contributed by atoms with Crippen molar-refractivity contribution in [2.45, 2.75) is 43.8 Å². The Hall–Kier alpha value is -1.06. The lowest BCUT2D eigenvalue weighted by molar-refractivity contribution is -0.157. The molecule has 1 aliphatic heterocycles. The minimum atomic E-state index is -0.408. The van der Waals surface area contributed by atoms with Gasteiger partial charge in [-0.3, -0.25) is 0 Å². The van der Waals surface area contributed by atoms with Crippen LogP contribution in [-0.2, 0) is 4.74 Å². The number of hydrogen-bond acceptors (Lipinski definition) is 3. The molecule has 1 spiro atoms. The summed E-state index contributed by atoms with van der Waals surface area (Å²) >= 11 is 0. The van der Waals surface area contributed by atoms with Crippen molar-refractivity contribution in [1.82, 2.24) is 0 Å². The van der Waals surface area contributed by atoms with E-state index in [1.54, 1.807) is 0 Å². The van der Waals surface area contributed by atoms with Gasteiger partial charge in [-0.25, -0.2) is 0 Å². The quantitative estimate of drug-likeness (QED) is 0.790. The largest absolute Gasteiger partial charge is 0.399 e. The third kappa shape index (κ3) is 2.13. The van der Waals surface area contributed by atoms with Gasteiger partial charge in [0, 0.05) is 12.3 Å². The summed E-state index contributed by atoms with van der Waals surface area (Å²) in [6.45, 7) is 0.782. The summed E-state index contributed by atoms with van der Waals surface area (Å²) in [5, 5.41) is 10.5. The summed E-state index contributed by atoms with van der Waals surface area (Å²) in [6.07, 6.45) is 5.11. The number of nitrogens with two attached hydrogens (primary N) is 1. The molecule has 2 unspecified atom stereocenters. The standard InChI is InChI=1S/C15H21NO2/c16-13-4-1-3-11(9-13)14(17)12-5-8-18-15(10-12)6-2-7-15/h1,3-4,9,12,14,17H,2,5-8,10,16H2. The molecule has 1 aromatic carbocycles. The van der Waals surface area contributed by atoms with Gasteiger partial charge >= 0.3 is 0 Å². The maximum absolute atomic E-state index is 10.5. The second-order valence-electron chi connectivity index (χ2n) is 5.75. The molecule has 1 saturated heterocycles. The fourth-order valence-electron chi connectivity index (χ4n) is 3.27. The van der Waals surface area contributed by atoms with Crippen LogP contribution >= 0.6 is 0 Å². The Labute approximate surface area is 108 Å². The van der Waals surface area contributed by atoms with Gasteiger partial charge in [0.25, 0.3) is 0 Å². The number of nitrogen functional groups attached to an aromatic ring is 1. The van der Waals surface area contributed by atoms with Crippen LogP contribution < -0.4 is 5.73 Å². The molecule has 1 aromatic rings. The zero-order valence-corrected chi connectivity index (χ0v) is 10.6. The average molecular weight is 247 g/mol. The third-order valence-corrected chi connectivity index (χ3v) is 4.49. The van der Waals surface area contributed by atoms with E-state index in [1.807, 2.05) is 24.3 Å². The molecule has 98 valence electrons. The lowest BCUT2D eigenvalue weighted by Gasteiger charge is -2.48. The molecule has 2 atom stereocenters. The van der Waals surface area contributed by atoms with Crippen molar-refractivity contribution in [2.75, 3.05) is 12.3 Å². The Morgan fingerprint density at radius 2 is 2.22 bits per heavy atom. The summed E-state index contributed by atoms with van der Waals surface area (Å²) < 4.78 is 5.91. The van der Waals surface area contributed by atoms with Gasteiger partial charge in [0.2, 0.25) is 0 Å². The van der Waals surface area contributed by atoms with E-state index < -0.39 is 6.10 Å². The molecule has 1 saturated carbocycles. The van der Waals surface area contributed by atoms with E-state index >= 15 is 0 Å². The van der Waals surface area contributed by atoms with E-state index in [-0.39, 0.29) is 5.60 Å². The number of aliphatic hydroxyl groups excluding tert-OH is 1.